The van der Waals surface area contributed by atoms with E-state index < -0.39 is 0 Å². The van der Waals surface area contributed by atoms with Crippen LogP contribution in [0.5, 0.6) is 11.5 Å². The minimum absolute atomic E-state index is 0.181. The van der Waals surface area contributed by atoms with Gasteiger partial charge < -0.3 is 10.2 Å². The smallest absolute Gasteiger partial charge is 0.150 e. The number of aromatic hydroxyl groups is 2. The van der Waals surface area contributed by atoms with Crippen molar-refractivity contribution in [2.24, 2.45) is 0 Å². The van der Waals surface area contributed by atoms with Crippen LogP contribution in [0, 0.1) is 6.92 Å². The standard InChI is InChI=1S/C7H6O2.C7H8O/c8-5-6-1-3-7(9)4-2-6;1-6-4-2-3-5-7(6)8/h1-5,9H;2-5,8H,1H3. The molecule has 2 N–H and O–H groups in total. The number of aldehydes is 1. The summed E-state index contributed by atoms with van der Waals surface area (Å²) in [5, 5.41) is 17.7. The Morgan fingerprint density at radius 1 is 0.941 bits per heavy atom. The Morgan fingerprint density at radius 3 is 1.94 bits per heavy atom. The van der Waals surface area contributed by atoms with E-state index in [1.165, 1.54) is 12.1 Å². The molecule has 0 saturated heterocycles. The third-order valence-electron chi connectivity index (χ3n) is 2.14. The Labute approximate surface area is 100.0 Å². The van der Waals surface area contributed by atoms with Crippen molar-refractivity contribution >= 4 is 6.29 Å². The van der Waals surface area contributed by atoms with Crippen LogP contribution in [-0.2, 0) is 0 Å². The number of phenolic OH excluding ortho intramolecular Hbond substituents is 2. The van der Waals surface area contributed by atoms with Gasteiger partial charge in [0.05, 0.1) is 0 Å². The second-order valence-corrected chi connectivity index (χ2v) is 3.50. The van der Waals surface area contributed by atoms with Gasteiger partial charge in [-0.25, -0.2) is 0 Å². The maximum absolute atomic E-state index is 10.0. The number of aryl methyl sites for hydroxylation is 1. The van der Waals surface area contributed by atoms with Crippen molar-refractivity contribution in [2.45, 2.75) is 6.92 Å². The first-order valence-corrected chi connectivity index (χ1v) is 5.12. The number of carbonyl (C=O) groups excluding carboxylic acids is 1. The molecule has 0 bridgehead atoms. The van der Waals surface area contributed by atoms with E-state index in [4.69, 9.17) is 10.2 Å². The predicted octanol–water partition coefficient (Wildman–Crippen LogP) is 2.91. The van der Waals surface area contributed by atoms with Crippen molar-refractivity contribution in [2.75, 3.05) is 0 Å². The van der Waals surface area contributed by atoms with E-state index >= 15 is 0 Å². The first-order valence-electron chi connectivity index (χ1n) is 5.12. The predicted molar refractivity (Wildman–Crippen MR) is 66.3 cm³/mol. The molecule has 0 amide bonds. The van der Waals surface area contributed by atoms with E-state index in [0.29, 0.717) is 11.3 Å². The van der Waals surface area contributed by atoms with Gasteiger partial charge in [0, 0.05) is 5.56 Å². The third kappa shape index (κ3) is 4.38. The first-order chi connectivity index (χ1) is 8.13. The summed E-state index contributed by atoms with van der Waals surface area (Å²) in [4.78, 5) is 10.0. The number of rotatable bonds is 1. The molecule has 0 aliphatic carbocycles. The second-order valence-electron chi connectivity index (χ2n) is 3.50. The topological polar surface area (TPSA) is 57.5 Å². The van der Waals surface area contributed by atoms with Crippen LogP contribution in [0.1, 0.15) is 15.9 Å². The van der Waals surface area contributed by atoms with Crippen molar-refractivity contribution < 1.29 is 15.0 Å². The molecule has 0 atom stereocenters. The summed E-state index contributed by atoms with van der Waals surface area (Å²) in [7, 11) is 0. The zero-order valence-electron chi connectivity index (χ0n) is 9.50. The van der Waals surface area contributed by atoms with Crippen molar-refractivity contribution in [3.8, 4) is 11.5 Å². The summed E-state index contributed by atoms with van der Waals surface area (Å²) in [6.45, 7) is 1.87. The lowest BCUT2D eigenvalue weighted by Gasteiger charge is -1.92. The number of carbonyl (C=O) groups is 1. The molecule has 0 fully saturated rings. The van der Waals surface area contributed by atoms with Crippen molar-refractivity contribution in [3.05, 3.63) is 59.7 Å². The summed E-state index contributed by atoms with van der Waals surface area (Å²) in [6, 6.07) is 13.3. The maximum Gasteiger partial charge on any atom is 0.150 e. The van der Waals surface area contributed by atoms with E-state index in [1.54, 1.807) is 18.2 Å². The highest BCUT2D eigenvalue weighted by Crippen LogP contribution is 2.12. The second kappa shape index (κ2) is 6.33. The van der Waals surface area contributed by atoms with Crippen molar-refractivity contribution in [3.63, 3.8) is 0 Å². The summed E-state index contributed by atoms with van der Waals surface area (Å²) in [6.07, 6.45) is 0.736. The van der Waals surface area contributed by atoms with Crippen LogP contribution in [0.15, 0.2) is 48.5 Å². The highest BCUT2D eigenvalue weighted by molar-refractivity contribution is 5.74. The molecule has 3 heteroatoms. The number of hydrogen-bond acceptors (Lipinski definition) is 3. The molecule has 0 radical (unpaired) electrons. The lowest BCUT2D eigenvalue weighted by Crippen LogP contribution is -1.74. The van der Waals surface area contributed by atoms with Crippen molar-refractivity contribution in [1.29, 1.82) is 0 Å². The Morgan fingerprint density at radius 2 is 1.53 bits per heavy atom. The Hall–Kier alpha value is -2.29. The molecule has 0 saturated carbocycles. The zero-order chi connectivity index (χ0) is 12.7. The molecule has 88 valence electrons. The van der Waals surface area contributed by atoms with Gasteiger partial charge in [-0.1, -0.05) is 18.2 Å². The minimum Gasteiger partial charge on any atom is -0.508 e. The molecule has 2 rings (SSSR count). The third-order valence-corrected chi connectivity index (χ3v) is 2.14. The normalized spacial score (nSPS) is 9.00. The van der Waals surface area contributed by atoms with Gasteiger partial charge in [-0.2, -0.15) is 0 Å². The lowest BCUT2D eigenvalue weighted by atomic mass is 10.2. The Balaban J connectivity index is 0.000000171. The molecule has 3 nitrogen and oxygen atoms in total. The highest BCUT2D eigenvalue weighted by Gasteiger charge is 1.87. The summed E-state index contributed by atoms with van der Waals surface area (Å²) < 4.78 is 0. The van der Waals surface area contributed by atoms with E-state index in [1.807, 2.05) is 25.1 Å². The zero-order valence-corrected chi connectivity index (χ0v) is 9.50. The van der Waals surface area contributed by atoms with Crippen LogP contribution in [-0.4, -0.2) is 16.5 Å². The van der Waals surface area contributed by atoms with Gasteiger partial charge in [-0.3, -0.25) is 4.79 Å². The minimum atomic E-state index is 0.181. The summed E-state index contributed by atoms with van der Waals surface area (Å²) in [5.41, 5.74) is 1.50. The molecule has 0 spiro atoms. The quantitative estimate of drug-likeness (QED) is 0.740. The van der Waals surface area contributed by atoms with Gasteiger partial charge >= 0.3 is 0 Å². The fraction of sp³-hybridized carbons (Fsp3) is 0.0714. The molecule has 0 aromatic heterocycles. The van der Waals surface area contributed by atoms with Gasteiger partial charge in [-0.05, 0) is 42.8 Å². The van der Waals surface area contributed by atoms with E-state index in [0.717, 1.165) is 11.8 Å². The first kappa shape index (κ1) is 12.8. The van der Waals surface area contributed by atoms with Gasteiger partial charge in [0.2, 0.25) is 0 Å². The van der Waals surface area contributed by atoms with Crippen LogP contribution < -0.4 is 0 Å². The van der Waals surface area contributed by atoms with E-state index in [2.05, 4.69) is 0 Å². The lowest BCUT2D eigenvalue weighted by molar-refractivity contribution is 0.112. The number of para-hydroxylation sites is 1. The van der Waals surface area contributed by atoms with Crippen LogP contribution in [0.25, 0.3) is 0 Å². The largest absolute Gasteiger partial charge is 0.508 e. The number of phenols is 2. The Bertz CT molecular complexity index is 454. The fourth-order valence-electron chi connectivity index (χ4n) is 1.12. The number of benzene rings is 2. The molecule has 0 aliphatic rings. The molecule has 2 aromatic carbocycles. The van der Waals surface area contributed by atoms with Crippen LogP contribution in [0.2, 0.25) is 0 Å². The average molecular weight is 230 g/mol. The van der Waals surface area contributed by atoms with Crippen molar-refractivity contribution in [1.82, 2.24) is 0 Å². The molecular formula is C14H14O3. The molecule has 0 aliphatic heterocycles. The maximum atomic E-state index is 10.0. The van der Waals surface area contributed by atoms with Gasteiger partial charge in [-0.15, -0.1) is 0 Å². The molecular weight excluding hydrogens is 216 g/mol. The van der Waals surface area contributed by atoms with Gasteiger partial charge in [0.15, 0.2) is 0 Å². The summed E-state index contributed by atoms with van der Waals surface area (Å²) >= 11 is 0. The molecule has 0 heterocycles. The number of hydrogen-bond donors (Lipinski definition) is 2. The monoisotopic (exact) mass is 230 g/mol. The fourth-order valence-corrected chi connectivity index (χ4v) is 1.12. The van der Waals surface area contributed by atoms with Crippen LogP contribution in [0.3, 0.4) is 0 Å². The SMILES string of the molecule is Cc1ccccc1O.O=Cc1ccc(O)cc1. The van der Waals surface area contributed by atoms with E-state index in [-0.39, 0.29) is 5.75 Å². The van der Waals surface area contributed by atoms with Crippen LogP contribution >= 0.6 is 0 Å². The van der Waals surface area contributed by atoms with Gasteiger partial charge in [0.1, 0.15) is 17.8 Å². The molecule has 2 aromatic rings. The van der Waals surface area contributed by atoms with E-state index in [9.17, 15) is 4.79 Å². The Kier molecular flexibility index (Phi) is 4.76. The molecule has 0 unspecified atom stereocenters. The average Bonchev–Trinajstić information content (AvgIpc) is 2.35. The summed E-state index contributed by atoms with van der Waals surface area (Å²) in [5.74, 6) is 0.549. The van der Waals surface area contributed by atoms with Crippen LogP contribution in [0.4, 0.5) is 0 Å². The molecule has 17 heavy (non-hydrogen) atoms. The van der Waals surface area contributed by atoms with Gasteiger partial charge in [0.25, 0.3) is 0 Å². The highest BCUT2D eigenvalue weighted by atomic mass is 16.3.